The van der Waals surface area contributed by atoms with E-state index in [2.05, 4.69) is 11.6 Å². The molecule has 0 atom stereocenters. The molecule has 0 aliphatic rings. The van der Waals surface area contributed by atoms with Gasteiger partial charge in [0.1, 0.15) is 11.5 Å². The van der Waals surface area contributed by atoms with Crippen molar-refractivity contribution in [1.29, 1.82) is 0 Å². The first kappa shape index (κ1) is 13.0. The maximum absolute atomic E-state index is 5.20. The molecule has 0 aliphatic carbocycles. The highest BCUT2D eigenvalue weighted by Crippen LogP contribution is 2.25. The van der Waals surface area contributed by atoms with Crippen molar-refractivity contribution in [3.63, 3.8) is 0 Å². The Hall–Kier alpha value is -1.03. The highest BCUT2D eigenvalue weighted by molar-refractivity contribution is 7.98. The molecule has 1 aromatic rings. The molecular formula is C12H19NO2S. The average Bonchev–Trinajstić information content (AvgIpc) is 2.34. The smallest absolute Gasteiger partial charge is 0.124 e. The van der Waals surface area contributed by atoms with Gasteiger partial charge < -0.3 is 14.8 Å². The van der Waals surface area contributed by atoms with Gasteiger partial charge in [0.05, 0.1) is 14.2 Å². The maximum atomic E-state index is 5.20. The Labute approximate surface area is 102 Å². The minimum Gasteiger partial charge on any atom is -0.497 e. The predicted octanol–water partition coefficient (Wildman–Crippen LogP) is 2.87. The van der Waals surface area contributed by atoms with Gasteiger partial charge in [0, 0.05) is 30.4 Å². The third-order valence-electron chi connectivity index (χ3n) is 2.21. The van der Waals surface area contributed by atoms with Gasteiger partial charge in [-0.2, -0.15) is 11.8 Å². The van der Waals surface area contributed by atoms with Gasteiger partial charge >= 0.3 is 0 Å². The lowest BCUT2D eigenvalue weighted by atomic mass is 10.2. The lowest BCUT2D eigenvalue weighted by Crippen LogP contribution is -2.03. The van der Waals surface area contributed by atoms with Crippen molar-refractivity contribution in [2.24, 2.45) is 0 Å². The summed E-state index contributed by atoms with van der Waals surface area (Å²) in [6.07, 6.45) is 3.27. The summed E-state index contributed by atoms with van der Waals surface area (Å²) in [5.41, 5.74) is 1.04. The summed E-state index contributed by atoms with van der Waals surface area (Å²) >= 11 is 1.86. The number of methoxy groups -OCH3 is 2. The van der Waals surface area contributed by atoms with E-state index in [0.717, 1.165) is 30.2 Å². The van der Waals surface area contributed by atoms with Crippen LogP contribution in [0.25, 0.3) is 0 Å². The Morgan fingerprint density at radius 1 is 1.12 bits per heavy atom. The van der Waals surface area contributed by atoms with E-state index in [1.807, 2.05) is 30.0 Å². The number of thioether (sulfide) groups is 1. The summed E-state index contributed by atoms with van der Waals surface area (Å²) in [4.78, 5) is 0. The molecule has 1 aromatic carbocycles. The third-order valence-corrected chi connectivity index (χ3v) is 2.90. The van der Waals surface area contributed by atoms with Gasteiger partial charge in [0.2, 0.25) is 0 Å². The van der Waals surface area contributed by atoms with E-state index in [0.29, 0.717) is 0 Å². The number of benzene rings is 1. The fourth-order valence-corrected chi connectivity index (χ4v) is 1.79. The van der Waals surface area contributed by atoms with Crippen LogP contribution in [0.2, 0.25) is 0 Å². The van der Waals surface area contributed by atoms with Crippen LogP contribution < -0.4 is 14.8 Å². The average molecular weight is 241 g/mol. The Kier molecular flexibility index (Phi) is 5.93. The second-order valence-corrected chi connectivity index (χ2v) is 4.36. The van der Waals surface area contributed by atoms with E-state index in [4.69, 9.17) is 9.47 Å². The minimum absolute atomic E-state index is 0.812. The molecule has 1 N–H and O–H groups in total. The first-order valence-electron chi connectivity index (χ1n) is 5.26. The lowest BCUT2D eigenvalue weighted by molar-refractivity contribution is 0.394. The molecule has 0 aliphatic heterocycles. The van der Waals surface area contributed by atoms with Crippen molar-refractivity contribution in [1.82, 2.24) is 0 Å². The Bertz CT molecular complexity index is 296. The first-order chi connectivity index (χ1) is 7.80. The highest BCUT2D eigenvalue weighted by atomic mass is 32.2. The summed E-state index contributed by atoms with van der Waals surface area (Å²) in [7, 11) is 3.32. The van der Waals surface area contributed by atoms with E-state index < -0.39 is 0 Å². The van der Waals surface area contributed by atoms with Gasteiger partial charge in [0.25, 0.3) is 0 Å². The molecule has 0 fully saturated rings. The Balaban J connectivity index is 2.57. The van der Waals surface area contributed by atoms with Crippen LogP contribution in [0.3, 0.4) is 0 Å². The van der Waals surface area contributed by atoms with E-state index >= 15 is 0 Å². The number of ether oxygens (including phenoxy) is 2. The highest BCUT2D eigenvalue weighted by Gasteiger charge is 2.00. The van der Waals surface area contributed by atoms with Crippen LogP contribution in [-0.4, -0.2) is 32.8 Å². The van der Waals surface area contributed by atoms with Crippen LogP contribution in [0, 0.1) is 0 Å². The van der Waals surface area contributed by atoms with Crippen LogP contribution in [0.15, 0.2) is 18.2 Å². The zero-order chi connectivity index (χ0) is 11.8. The van der Waals surface area contributed by atoms with Crippen LogP contribution in [0.1, 0.15) is 6.42 Å². The largest absolute Gasteiger partial charge is 0.497 e. The van der Waals surface area contributed by atoms with E-state index in [9.17, 15) is 0 Å². The molecule has 1 rings (SSSR count). The zero-order valence-electron chi connectivity index (χ0n) is 10.1. The fourth-order valence-electron chi connectivity index (χ4n) is 1.36. The SMILES string of the molecule is COc1cc(NCCCSC)cc(OC)c1. The molecule has 90 valence electrons. The van der Waals surface area contributed by atoms with Gasteiger partial charge in [-0.15, -0.1) is 0 Å². The van der Waals surface area contributed by atoms with Crippen molar-refractivity contribution >= 4 is 17.4 Å². The van der Waals surface area contributed by atoms with Crippen molar-refractivity contribution in [2.75, 3.05) is 38.1 Å². The van der Waals surface area contributed by atoms with Crippen molar-refractivity contribution in [2.45, 2.75) is 6.42 Å². The lowest BCUT2D eigenvalue weighted by Gasteiger charge is -2.10. The summed E-state index contributed by atoms with van der Waals surface area (Å²) < 4.78 is 10.4. The van der Waals surface area contributed by atoms with Gasteiger partial charge in [-0.25, -0.2) is 0 Å². The molecule has 0 heterocycles. The molecule has 3 nitrogen and oxygen atoms in total. The van der Waals surface area contributed by atoms with Gasteiger partial charge in [-0.1, -0.05) is 0 Å². The van der Waals surface area contributed by atoms with Gasteiger partial charge in [-0.05, 0) is 18.4 Å². The van der Waals surface area contributed by atoms with Crippen molar-refractivity contribution in [3.05, 3.63) is 18.2 Å². The topological polar surface area (TPSA) is 30.5 Å². The number of anilines is 1. The monoisotopic (exact) mass is 241 g/mol. The molecule has 0 bridgehead atoms. The van der Waals surface area contributed by atoms with Gasteiger partial charge in [-0.3, -0.25) is 0 Å². The number of hydrogen-bond donors (Lipinski definition) is 1. The summed E-state index contributed by atoms with van der Waals surface area (Å²) in [6.45, 7) is 0.969. The molecule has 0 saturated heterocycles. The molecule has 16 heavy (non-hydrogen) atoms. The summed E-state index contributed by atoms with van der Waals surface area (Å²) in [6, 6.07) is 5.82. The minimum atomic E-state index is 0.812. The summed E-state index contributed by atoms with van der Waals surface area (Å²) in [5, 5.41) is 3.36. The molecule has 4 heteroatoms. The number of rotatable bonds is 7. The Morgan fingerprint density at radius 3 is 2.25 bits per heavy atom. The quantitative estimate of drug-likeness (QED) is 0.744. The second kappa shape index (κ2) is 7.28. The molecule has 0 radical (unpaired) electrons. The maximum Gasteiger partial charge on any atom is 0.124 e. The Morgan fingerprint density at radius 2 is 1.75 bits per heavy atom. The molecule has 0 amide bonds. The molecular weight excluding hydrogens is 222 g/mol. The van der Waals surface area contributed by atoms with Crippen LogP contribution >= 0.6 is 11.8 Å². The molecule has 0 aromatic heterocycles. The van der Waals surface area contributed by atoms with E-state index in [1.54, 1.807) is 14.2 Å². The van der Waals surface area contributed by atoms with Crippen LogP contribution in [0.5, 0.6) is 11.5 Å². The van der Waals surface area contributed by atoms with Crippen molar-refractivity contribution < 1.29 is 9.47 Å². The zero-order valence-corrected chi connectivity index (χ0v) is 10.9. The first-order valence-corrected chi connectivity index (χ1v) is 6.65. The van der Waals surface area contributed by atoms with E-state index in [1.165, 1.54) is 5.75 Å². The number of hydrogen-bond acceptors (Lipinski definition) is 4. The fraction of sp³-hybridized carbons (Fsp3) is 0.500. The third kappa shape index (κ3) is 4.23. The second-order valence-electron chi connectivity index (χ2n) is 3.37. The van der Waals surface area contributed by atoms with Crippen LogP contribution in [0.4, 0.5) is 5.69 Å². The predicted molar refractivity (Wildman–Crippen MR) is 71.0 cm³/mol. The standard InChI is InChI=1S/C12H19NO2S/c1-14-11-7-10(8-12(9-11)15-2)13-5-4-6-16-3/h7-9,13H,4-6H2,1-3H3. The van der Waals surface area contributed by atoms with Gasteiger partial charge in [0.15, 0.2) is 0 Å². The number of nitrogens with one attached hydrogen (secondary N) is 1. The van der Waals surface area contributed by atoms with Crippen LogP contribution in [-0.2, 0) is 0 Å². The van der Waals surface area contributed by atoms with E-state index in [-0.39, 0.29) is 0 Å². The molecule has 0 saturated carbocycles. The summed E-state index contributed by atoms with van der Waals surface area (Å²) in [5.74, 6) is 2.80. The molecule has 0 unspecified atom stereocenters. The molecule has 0 spiro atoms. The normalized spacial score (nSPS) is 9.94. The van der Waals surface area contributed by atoms with Crippen molar-refractivity contribution in [3.8, 4) is 11.5 Å².